The van der Waals surface area contributed by atoms with Crippen LogP contribution in [0.25, 0.3) is 0 Å². The molecule has 1 aromatic rings. The zero-order valence-electron chi connectivity index (χ0n) is 12.0. The van der Waals surface area contributed by atoms with Crippen LogP contribution < -0.4 is 11.1 Å². The largest absolute Gasteiger partial charge is 0.384 e. The van der Waals surface area contributed by atoms with E-state index >= 15 is 0 Å². The maximum Gasteiger partial charge on any atom is 0.136 e. The molecule has 106 valence electrons. The van der Waals surface area contributed by atoms with E-state index in [2.05, 4.69) is 34.0 Å². The fourth-order valence-corrected chi connectivity index (χ4v) is 2.19. The van der Waals surface area contributed by atoms with Gasteiger partial charge in [0.1, 0.15) is 17.5 Å². The molecule has 0 spiro atoms. The number of nitrogen functional groups attached to an aromatic ring is 1. The van der Waals surface area contributed by atoms with Gasteiger partial charge in [-0.25, -0.2) is 9.97 Å². The standard InChI is InChI=1S/C14H25N5/c1-3-8-19(4-2)9-7-16-13-10-12(15)17-14(18-13)11-5-6-11/h10-11H,3-9H2,1-2H3,(H3,15,16,17,18). The monoisotopic (exact) mass is 263 g/mol. The van der Waals surface area contributed by atoms with Gasteiger partial charge < -0.3 is 16.0 Å². The first kappa shape index (κ1) is 14.1. The third-order valence-electron chi connectivity index (χ3n) is 3.43. The molecule has 1 fully saturated rings. The van der Waals surface area contributed by atoms with E-state index in [4.69, 9.17) is 5.73 Å². The lowest BCUT2D eigenvalue weighted by Crippen LogP contribution is -2.29. The van der Waals surface area contributed by atoms with E-state index in [1.165, 1.54) is 19.3 Å². The number of hydrogen-bond donors (Lipinski definition) is 2. The molecule has 5 nitrogen and oxygen atoms in total. The highest BCUT2D eigenvalue weighted by molar-refractivity contribution is 5.45. The maximum atomic E-state index is 5.83. The van der Waals surface area contributed by atoms with E-state index in [1.807, 2.05) is 6.07 Å². The SMILES string of the molecule is CCCN(CC)CCNc1cc(N)nc(C2CC2)n1. The van der Waals surface area contributed by atoms with Crippen LogP contribution in [0.3, 0.4) is 0 Å². The Kier molecular flexibility index (Phi) is 4.96. The molecular formula is C14H25N5. The zero-order chi connectivity index (χ0) is 13.7. The molecule has 0 amide bonds. The second-order valence-electron chi connectivity index (χ2n) is 5.17. The Labute approximate surface area is 115 Å². The number of nitrogens with one attached hydrogen (secondary N) is 1. The van der Waals surface area contributed by atoms with Crippen LogP contribution in [-0.2, 0) is 0 Å². The topological polar surface area (TPSA) is 67.1 Å². The summed E-state index contributed by atoms with van der Waals surface area (Å²) in [5, 5.41) is 3.36. The quantitative estimate of drug-likeness (QED) is 0.751. The Morgan fingerprint density at radius 2 is 2.11 bits per heavy atom. The van der Waals surface area contributed by atoms with Crippen molar-refractivity contribution in [3.05, 3.63) is 11.9 Å². The Balaban J connectivity index is 1.85. The summed E-state index contributed by atoms with van der Waals surface area (Å²) in [5.74, 6) is 2.88. The predicted molar refractivity (Wildman–Crippen MR) is 79.3 cm³/mol. The first-order valence-corrected chi connectivity index (χ1v) is 7.33. The third kappa shape index (κ3) is 4.35. The molecular weight excluding hydrogens is 238 g/mol. The number of aromatic nitrogens is 2. The van der Waals surface area contributed by atoms with E-state index < -0.39 is 0 Å². The summed E-state index contributed by atoms with van der Waals surface area (Å²) in [6.45, 7) is 8.58. The number of anilines is 2. The third-order valence-corrected chi connectivity index (χ3v) is 3.43. The molecule has 0 unspecified atom stereocenters. The second kappa shape index (κ2) is 6.70. The van der Waals surface area contributed by atoms with Gasteiger partial charge in [-0.1, -0.05) is 13.8 Å². The minimum absolute atomic E-state index is 0.538. The molecule has 0 bridgehead atoms. The number of rotatable bonds is 8. The molecule has 3 N–H and O–H groups in total. The van der Waals surface area contributed by atoms with Crippen molar-refractivity contribution in [3.8, 4) is 0 Å². The highest BCUT2D eigenvalue weighted by Crippen LogP contribution is 2.38. The molecule has 0 aliphatic heterocycles. The van der Waals surface area contributed by atoms with Crippen molar-refractivity contribution < 1.29 is 0 Å². The van der Waals surface area contributed by atoms with E-state index in [0.717, 1.165) is 37.8 Å². The zero-order valence-corrected chi connectivity index (χ0v) is 12.0. The average molecular weight is 263 g/mol. The maximum absolute atomic E-state index is 5.83. The Bertz CT molecular complexity index is 403. The molecule has 0 atom stereocenters. The number of nitrogens with two attached hydrogens (primary N) is 1. The molecule has 0 saturated heterocycles. The Morgan fingerprint density at radius 1 is 1.32 bits per heavy atom. The van der Waals surface area contributed by atoms with Crippen LogP contribution in [-0.4, -0.2) is 41.0 Å². The van der Waals surface area contributed by atoms with Crippen LogP contribution in [0, 0.1) is 0 Å². The van der Waals surface area contributed by atoms with Crippen molar-refractivity contribution in [1.82, 2.24) is 14.9 Å². The number of hydrogen-bond acceptors (Lipinski definition) is 5. The summed E-state index contributed by atoms with van der Waals surface area (Å²) < 4.78 is 0. The summed E-state index contributed by atoms with van der Waals surface area (Å²) in [6, 6.07) is 1.82. The highest BCUT2D eigenvalue weighted by atomic mass is 15.1. The molecule has 0 radical (unpaired) electrons. The average Bonchev–Trinajstić information content (AvgIpc) is 3.21. The fraction of sp³-hybridized carbons (Fsp3) is 0.714. The van der Waals surface area contributed by atoms with Crippen molar-refractivity contribution in [2.24, 2.45) is 0 Å². The smallest absolute Gasteiger partial charge is 0.136 e. The minimum Gasteiger partial charge on any atom is -0.384 e. The van der Waals surface area contributed by atoms with Gasteiger partial charge >= 0.3 is 0 Å². The van der Waals surface area contributed by atoms with E-state index in [-0.39, 0.29) is 0 Å². The van der Waals surface area contributed by atoms with Gasteiger partial charge in [0, 0.05) is 25.1 Å². The molecule has 1 aliphatic carbocycles. The Hall–Kier alpha value is -1.36. The van der Waals surface area contributed by atoms with Crippen molar-refractivity contribution in [1.29, 1.82) is 0 Å². The molecule has 5 heteroatoms. The lowest BCUT2D eigenvalue weighted by molar-refractivity contribution is 0.300. The molecule has 19 heavy (non-hydrogen) atoms. The van der Waals surface area contributed by atoms with Gasteiger partial charge in [-0.2, -0.15) is 0 Å². The van der Waals surface area contributed by atoms with E-state index in [0.29, 0.717) is 11.7 Å². The highest BCUT2D eigenvalue weighted by Gasteiger charge is 2.27. The van der Waals surface area contributed by atoms with Gasteiger partial charge in [0.05, 0.1) is 0 Å². The molecule has 1 aromatic heterocycles. The Morgan fingerprint density at radius 3 is 2.74 bits per heavy atom. The number of likely N-dealkylation sites (N-methyl/N-ethyl adjacent to an activating group) is 1. The number of nitrogens with zero attached hydrogens (tertiary/aromatic N) is 3. The summed E-state index contributed by atoms with van der Waals surface area (Å²) >= 11 is 0. The summed E-state index contributed by atoms with van der Waals surface area (Å²) in [4.78, 5) is 11.3. The normalized spacial score (nSPS) is 14.9. The first-order chi connectivity index (χ1) is 9.22. The van der Waals surface area contributed by atoms with Crippen molar-refractivity contribution in [2.45, 2.75) is 39.0 Å². The summed E-state index contributed by atoms with van der Waals surface area (Å²) in [6.07, 6.45) is 3.59. The van der Waals surface area contributed by atoms with Crippen LogP contribution in [0.2, 0.25) is 0 Å². The van der Waals surface area contributed by atoms with Crippen LogP contribution in [0.15, 0.2) is 6.07 Å². The second-order valence-corrected chi connectivity index (χ2v) is 5.17. The molecule has 1 heterocycles. The predicted octanol–water partition coefficient (Wildman–Crippen LogP) is 2.08. The van der Waals surface area contributed by atoms with Crippen LogP contribution in [0.1, 0.15) is 44.9 Å². The minimum atomic E-state index is 0.538. The fourth-order valence-electron chi connectivity index (χ4n) is 2.19. The molecule has 0 aromatic carbocycles. The molecule has 1 aliphatic rings. The van der Waals surface area contributed by atoms with Gasteiger partial charge in [-0.15, -0.1) is 0 Å². The van der Waals surface area contributed by atoms with Crippen LogP contribution >= 0.6 is 0 Å². The van der Waals surface area contributed by atoms with Gasteiger partial charge in [0.25, 0.3) is 0 Å². The van der Waals surface area contributed by atoms with Crippen molar-refractivity contribution in [3.63, 3.8) is 0 Å². The van der Waals surface area contributed by atoms with Gasteiger partial charge in [0.15, 0.2) is 0 Å². The summed E-state index contributed by atoms with van der Waals surface area (Å²) in [7, 11) is 0. The van der Waals surface area contributed by atoms with Crippen molar-refractivity contribution in [2.75, 3.05) is 37.2 Å². The molecule has 1 saturated carbocycles. The van der Waals surface area contributed by atoms with Crippen molar-refractivity contribution >= 4 is 11.6 Å². The first-order valence-electron chi connectivity index (χ1n) is 7.33. The van der Waals surface area contributed by atoms with E-state index in [1.54, 1.807) is 0 Å². The van der Waals surface area contributed by atoms with Crippen LogP contribution in [0.4, 0.5) is 11.6 Å². The van der Waals surface area contributed by atoms with Gasteiger partial charge in [-0.05, 0) is 32.4 Å². The lowest BCUT2D eigenvalue weighted by atomic mass is 10.3. The lowest BCUT2D eigenvalue weighted by Gasteiger charge is -2.19. The van der Waals surface area contributed by atoms with E-state index in [9.17, 15) is 0 Å². The van der Waals surface area contributed by atoms with Gasteiger partial charge in [0.2, 0.25) is 0 Å². The van der Waals surface area contributed by atoms with Gasteiger partial charge in [-0.3, -0.25) is 0 Å². The molecule has 2 rings (SSSR count). The van der Waals surface area contributed by atoms with Crippen LogP contribution in [0.5, 0.6) is 0 Å². The summed E-state index contributed by atoms with van der Waals surface area (Å²) in [5.41, 5.74) is 5.83.